The summed E-state index contributed by atoms with van der Waals surface area (Å²) in [7, 11) is 5.38. The van der Waals surface area contributed by atoms with Crippen molar-refractivity contribution in [2.75, 3.05) is 40.8 Å². The topological polar surface area (TPSA) is 73.9 Å². The third kappa shape index (κ3) is 5.63. The van der Waals surface area contributed by atoms with E-state index in [1.807, 2.05) is 32.3 Å². The number of amides is 3. The van der Waals surface area contributed by atoms with Gasteiger partial charge in [-0.15, -0.1) is 0 Å². The molecule has 1 aromatic rings. The van der Waals surface area contributed by atoms with E-state index in [1.54, 1.807) is 4.90 Å². The molecule has 0 aliphatic carbocycles. The lowest BCUT2D eigenvalue weighted by atomic mass is 10.1. The summed E-state index contributed by atoms with van der Waals surface area (Å²) in [5.74, 6) is 0. The maximum atomic E-state index is 12.2. The number of hydrogen-bond acceptors (Lipinski definition) is 4. The molecule has 0 spiro atoms. The van der Waals surface area contributed by atoms with Gasteiger partial charge in [0.1, 0.15) is 0 Å². The molecule has 1 atom stereocenters. The number of rotatable bonds is 5. The molecule has 0 aromatic heterocycles. The number of likely N-dealkylation sites (tertiary alicyclic amines) is 1. The van der Waals surface area contributed by atoms with Crippen molar-refractivity contribution in [3.63, 3.8) is 0 Å². The minimum absolute atomic E-state index is 0.0791. The number of piperidine rings is 1. The Morgan fingerprint density at radius 1 is 1.24 bits per heavy atom. The van der Waals surface area contributed by atoms with Gasteiger partial charge in [0, 0.05) is 25.7 Å². The number of urea groups is 1. The Morgan fingerprint density at radius 2 is 1.88 bits per heavy atom. The zero-order chi connectivity index (χ0) is 18.2. The average molecular weight is 348 g/mol. The van der Waals surface area contributed by atoms with Gasteiger partial charge in [-0.1, -0.05) is 30.3 Å². The maximum absolute atomic E-state index is 12.2. The molecule has 1 aromatic carbocycles. The number of hydrogen-bond donors (Lipinski definition) is 2. The van der Waals surface area contributed by atoms with Crippen LogP contribution in [0.2, 0.25) is 0 Å². The van der Waals surface area contributed by atoms with E-state index in [2.05, 4.69) is 27.7 Å². The van der Waals surface area contributed by atoms with Gasteiger partial charge in [0.2, 0.25) is 0 Å². The molecule has 1 heterocycles. The average Bonchev–Trinajstić information content (AvgIpc) is 2.62. The van der Waals surface area contributed by atoms with E-state index in [0.29, 0.717) is 19.6 Å². The lowest BCUT2D eigenvalue weighted by Crippen LogP contribution is -2.50. The summed E-state index contributed by atoms with van der Waals surface area (Å²) >= 11 is 0. The molecule has 25 heavy (non-hydrogen) atoms. The van der Waals surface area contributed by atoms with Gasteiger partial charge < -0.3 is 25.2 Å². The van der Waals surface area contributed by atoms with E-state index in [0.717, 1.165) is 12.8 Å². The molecule has 0 bridgehead atoms. The first-order valence-electron chi connectivity index (χ1n) is 8.60. The first-order valence-corrected chi connectivity index (χ1v) is 8.60. The number of carbonyl (C=O) groups is 2. The number of likely N-dealkylation sites (N-methyl/N-ethyl adjacent to an activating group) is 1. The maximum Gasteiger partial charge on any atom is 0.409 e. The summed E-state index contributed by atoms with van der Waals surface area (Å²) in [5, 5.41) is 5.95. The van der Waals surface area contributed by atoms with E-state index in [9.17, 15) is 9.59 Å². The van der Waals surface area contributed by atoms with Gasteiger partial charge in [-0.2, -0.15) is 0 Å². The number of nitrogens with zero attached hydrogens (tertiary/aromatic N) is 2. The zero-order valence-corrected chi connectivity index (χ0v) is 15.2. The van der Waals surface area contributed by atoms with Crippen LogP contribution in [0.1, 0.15) is 24.4 Å². The fourth-order valence-corrected chi connectivity index (χ4v) is 3.04. The van der Waals surface area contributed by atoms with Crippen LogP contribution in [0.5, 0.6) is 0 Å². The first-order chi connectivity index (χ1) is 12.0. The van der Waals surface area contributed by atoms with Crippen molar-refractivity contribution in [1.82, 2.24) is 20.4 Å². The molecule has 1 saturated heterocycles. The van der Waals surface area contributed by atoms with Crippen molar-refractivity contribution in [3.05, 3.63) is 35.9 Å². The monoisotopic (exact) mass is 348 g/mol. The summed E-state index contributed by atoms with van der Waals surface area (Å²) in [6.45, 7) is 1.73. The molecular weight excluding hydrogens is 320 g/mol. The second kappa shape index (κ2) is 9.27. The third-order valence-electron chi connectivity index (χ3n) is 4.53. The number of ether oxygens (including phenoxy) is 1. The molecule has 1 unspecified atom stereocenters. The lowest BCUT2D eigenvalue weighted by molar-refractivity contribution is 0.110. The Bertz CT molecular complexity index is 557. The summed E-state index contributed by atoms with van der Waals surface area (Å²) in [6, 6.07) is 10.1. The molecule has 138 valence electrons. The van der Waals surface area contributed by atoms with Crippen molar-refractivity contribution < 1.29 is 14.3 Å². The number of benzene rings is 1. The second-order valence-corrected chi connectivity index (χ2v) is 6.48. The molecule has 2 N–H and O–H groups in total. The van der Waals surface area contributed by atoms with Gasteiger partial charge >= 0.3 is 12.1 Å². The Morgan fingerprint density at radius 3 is 2.44 bits per heavy atom. The van der Waals surface area contributed by atoms with Gasteiger partial charge in [0.15, 0.2) is 0 Å². The van der Waals surface area contributed by atoms with E-state index in [-0.39, 0.29) is 24.2 Å². The summed E-state index contributed by atoms with van der Waals surface area (Å²) in [4.78, 5) is 27.4. The van der Waals surface area contributed by atoms with E-state index >= 15 is 0 Å². The van der Waals surface area contributed by atoms with Crippen molar-refractivity contribution in [3.8, 4) is 0 Å². The molecule has 1 fully saturated rings. The fraction of sp³-hybridized carbons (Fsp3) is 0.556. The Kier molecular flexibility index (Phi) is 7.06. The van der Waals surface area contributed by atoms with Crippen molar-refractivity contribution in [1.29, 1.82) is 0 Å². The van der Waals surface area contributed by atoms with Crippen LogP contribution in [0.25, 0.3) is 0 Å². The molecule has 1 aliphatic heterocycles. The molecule has 0 saturated carbocycles. The molecule has 7 nitrogen and oxygen atoms in total. The van der Waals surface area contributed by atoms with Crippen LogP contribution in [0, 0.1) is 0 Å². The van der Waals surface area contributed by atoms with Crippen LogP contribution in [0.3, 0.4) is 0 Å². The summed E-state index contributed by atoms with van der Waals surface area (Å²) in [6.07, 6.45) is 1.16. The zero-order valence-electron chi connectivity index (χ0n) is 15.2. The molecule has 2 rings (SSSR count). The first kappa shape index (κ1) is 19.1. The van der Waals surface area contributed by atoms with E-state index in [1.165, 1.54) is 12.7 Å². The van der Waals surface area contributed by atoms with Crippen LogP contribution in [-0.2, 0) is 4.74 Å². The van der Waals surface area contributed by atoms with Crippen LogP contribution in [0.4, 0.5) is 9.59 Å². The SMILES string of the molecule is COC(=O)N1CCC(NC(=O)NCC(c2ccccc2)N(C)C)CC1. The van der Waals surface area contributed by atoms with E-state index in [4.69, 9.17) is 4.74 Å². The Hall–Kier alpha value is -2.28. The molecular formula is C18H28N4O3. The lowest BCUT2D eigenvalue weighted by Gasteiger charge is -2.31. The summed E-state index contributed by atoms with van der Waals surface area (Å²) in [5.41, 5.74) is 1.17. The number of carbonyl (C=O) groups excluding carboxylic acids is 2. The Balaban J connectivity index is 1.77. The smallest absolute Gasteiger partial charge is 0.409 e. The van der Waals surface area contributed by atoms with Gasteiger partial charge in [-0.05, 0) is 32.5 Å². The van der Waals surface area contributed by atoms with Gasteiger partial charge in [-0.3, -0.25) is 0 Å². The van der Waals surface area contributed by atoms with Crippen molar-refractivity contribution >= 4 is 12.1 Å². The highest BCUT2D eigenvalue weighted by Gasteiger charge is 2.24. The van der Waals surface area contributed by atoms with Crippen LogP contribution >= 0.6 is 0 Å². The predicted octanol–water partition coefficient (Wildman–Crippen LogP) is 1.82. The highest BCUT2D eigenvalue weighted by Crippen LogP contribution is 2.16. The second-order valence-electron chi connectivity index (χ2n) is 6.48. The van der Waals surface area contributed by atoms with Crippen molar-refractivity contribution in [2.45, 2.75) is 24.9 Å². The number of nitrogens with one attached hydrogen (secondary N) is 2. The molecule has 1 aliphatic rings. The molecule has 7 heteroatoms. The highest BCUT2D eigenvalue weighted by atomic mass is 16.5. The van der Waals surface area contributed by atoms with Crippen LogP contribution in [0.15, 0.2) is 30.3 Å². The van der Waals surface area contributed by atoms with Crippen LogP contribution in [-0.4, -0.2) is 68.8 Å². The van der Waals surface area contributed by atoms with Gasteiger partial charge in [0.05, 0.1) is 13.2 Å². The highest BCUT2D eigenvalue weighted by molar-refractivity contribution is 5.74. The molecule has 0 radical (unpaired) electrons. The van der Waals surface area contributed by atoms with E-state index < -0.39 is 0 Å². The normalized spacial score (nSPS) is 16.4. The number of methoxy groups -OCH3 is 1. The van der Waals surface area contributed by atoms with Gasteiger partial charge in [-0.25, -0.2) is 9.59 Å². The third-order valence-corrected chi connectivity index (χ3v) is 4.53. The minimum Gasteiger partial charge on any atom is -0.453 e. The molecule has 3 amide bonds. The van der Waals surface area contributed by atoms with Gasteiger partial charge in [0.25, 0.3) is 0 Å². The predicted molar refractivity (Wildman–Crippen MR) is 96.4 cm³/mol. The quantitative estimate of drug-likeness (QED) is 0.851. The largest absolute Gasteiger partial charge is 0.453 e. The minimum atomic E-state index is -0.306. The fourth-order valence-electron chi connectivity index (χ4n) is 3.04. The Labute approximate surface area is 149 Å². The van der Waals surface area contributed by atoms with Crippen molar-refractivity contribution in [2.24, 2.45) is 0 Å². The summed E-state index contributed by atoms with van der Waals surface area (Å²) < 4.78 is 4.72. The standard InChI is InChI=1S/C18H28N4O3/c1-21(2)16(14-7-5-4-6-8-14)13-19-17(23)20-15-9-11-22(12-10-15)18(24)25-3/h4-8,15-16H,9-13H2,1-3H3,(H2,19,20,23). The van der Waals surface area contributed by atoms with Crippen LogP contribution < -0.4 is 10.6 Å².